The van der Waals surface area contributed by atoms with Gasteiger partial charge in [-0.15, -0.1) is 0 Å². The van der Waals surface area contributed by atoms with Crippen LogP contribution in [0.5, 0.6) is 0 Å². The molecule has 0 heterocycles. The number of rotatable bonds is 55. The minimum atomic E-state index is -0.780. The number of hydrogen-bond donors (Lipinski definition) is 3. The number of ether oxygens (including phenoxy) is 1. The fourth-order valence-corrected chi connectivity index (χ4v) is 9.67. The molecule has 0 saturated heterocycles. The van der Waals surface area contributed by atoms with Crippen molar-refractivity contribution in [3.05, 3.63) is 0 Å². The van der Waals surface area contributed by atoms with E-state index in [1.807, 2.05) is 0 Å². The summed E-state index contributed by atoms with van der Waals surface area (Å²) in [5.74, 6) is -0.443. The van der Waals surface area contributed by atoms with Gasteiger partial charge in [0.25, 0.3) is 0 Å². The molecule has 3 N–H and O–H groups in total. The Hall–Kier alpha value is -1.14. The van der Waals surface area contributed by atoms with E-state index in [0.717, 1.165) is 38.5 Å². The van der Waals surface area contributed by atoms with Gasteiger partial charge in [0.1, 0.15) is 6.10 Å². The van der Waals surface area contributed by atoms with Crippen LogP contribution in [0.3, 0.4) is 0 Å². The van der Waals surface area contributed by atoms with Gasteiger partial charge in [-0.2, -0.15) is 0 Å². The third kappa shape index (κ3) is 49.1. The molecule has 6 nitrogen and oxygen atoms in total. The van der Waals surface area contributed by atoms with Crippen LogP contribution in [0.15, 0.2) is 0 Å². The Morgan fingerprint density at radius 2 is 0.646 bits per heavy atom. The number of esters is 1. The van der Waals surface area contributed by atoms with Crippen LogP contribution < -0.4 is 5.32 Å². The summed E-state index contributed by atoms with van der Waals surface area (Å²) in [6, 6.07) is -0.693. The number of nitrogens with one attached hydrogen (secondary N) is 1. The number of carbonyl (C=O) groups excluding carboxylic acids is 2. The van der Waals surface area contributed by atoms with Gasteiger partial charge in [-0.25, -0.2) is 0 Å². The van der Waals surface area contributed by atoms with Crippen LogP contribution >= 0.6 is 0 Å². The fraction of sp³-hybridized carbons (Fsp3) is 0.966. The molecule has 0 aromatic rings. The van der Waals surface area contributed by atoms with E-state index in [1.165, 1.54) is 257 Å². The lowest BCUT2D eigenvalue weighted by atomic mass is 10.0. The van der Waals surface area contributed by atoms with Crippen LogP contribution in [0.2, 0.25) is 0 Å². The Balaban J connectivity index is 4.44. The topological polar surface area (TPSA) is 95.9 Å². The van der Waals surface area contributed by atoms with Crippen molar-refractivity contribution in [2.75, 3.05) is 6.61 Å². The first-order chi connectivity index (χ1) is 32.0. The number of unbranched alkanes of at least 4 members (excludes halogenated alkanes) is 43. The van der Waals surface area contributed by atoms with E-state index in [1.54, 1.807) is 0 Å². The van der Waals surface area contributed by atoms with Crippen LogP contribution in [0, 0.1) is 0 Å². The molecule has 0 aromatic carbocycles. The number of carbonyl (C=O) groups is 2. The van der Waals surface area contributed by atoms with Gasteiger partial charge in [-0.3, -0.25) is 9.59 Å². The Labute approximate surface area is 406 Å². The van der Waals surface area contributed by atoms with Crippen molar-refractivity contribution in [1.82, 2.24) is 5.32 Å². The highest BCUT2D eigenvalue weighted by Crippen LogP contribution is 2.19. The average Bonchev–Trinajstić information content (AvgIpc) is 3.30. The van der Waals surface area contributed by atoms with Crippen LogP contribution in [-0.4, -0.2) is 46.9 Å². The molecule has 0 rings (SSSR count). The van der Waals surface area contributed by atoms with Gasteiger partial charge in [-0.05, 0) is 25.7 Å². The summed E-state index contributed by atoms with van der Waals surface area (Å²) in [5.41, 5.74) is 0. The first-order valence-electron chi connectivity index (χ1n) is 29.8. The molecule has 1 amide bonds. The zero-order valence-corrected chi connectivity index (χ0v) is 44.4. The molecule has 65 heavy (non-hydrogen) atoms. The minimum absolute atomic E-state index is 0.0886. The van der Waals surface area contributed by atoms with Crippen molar-refractivity contribution in [2.24, 2.45) is 0 Å². The van der Waals surface area contributed by atoms with E-state index in [2.05, 4.69) is 26.1 Å². The molecular weight excluding hydrogens is 803 g/mol. The number of hydrogen-bond acceptors (Lipinski definition) is 5. The molecule has 0 saturated carbocycles. The maximum atomic E-state index is 13.3. The van der Waals surface area contributed by atoms with Crippen LogP contribution in [0.25, 0.3) is 0 Å². The van der Waals surface area contributed by atoms with Gasteiger partial charge in [-0.1, -0.05) is 303 Å². The van der Waals surface area contributed by atoms with E-state index in [9.17, 15) is 19.8 Å². The van der Waals surface area contributed by atoms with Gasteiger partial charge >= 0.3 is 5.97 Å². The van der Waals surface area contributed by atoms with E-state index in [-0.39, 0.29) is 24.9 Å². The van der Waals surface area contributed by atoms with Crippen LogP contribution in [0.1, 0.15) is 342 Å². The average molecular weight is 921 g/mol. The molecule has 0 aliphatic heterocycles. The second-order valence-corrected chi connectivity index (χ2v) is 20.8. The van der Waals surface area contributed by atoms with Crippen molar-refractivity contribution in [2.45, 2.75) is 360 Å². The first-order valence-corrected chi connectivity index (χ1v) is 29.8. The fourth-order valence-electron chi connectivity index (χ4n) is 9.67. The summed E-state index contributed by atoms with van der Waals surface area (Å²) < 4.78 is 5.97. The van der Waals surface area contributed by atoms with Crippen molar-refractivity contribution in [3.63, 3.8) is 0 Å². The zero-order valence-electron chi connectivity index (χ0n) is 44.4. The Kier molecular flexibility index (Phi) is 52.9. The molecule has 388 valence electrons. The molecule has 0 bridgehead atoms. The summed E-state index contributed by atoms with van der Waals surface area (Å²) >= 11 is 0. The lowest BCUT2D eigenvalue weighted by molar-refractivity contribution is -0.151. The molecule has 0 aromatic heterocycles. The second-order valence-electron chi connectivity index (χ2n) is 20.8. The molecule has 3 atom stereocenters. The van der Waals surface area contributed by atoms with Gasteiger partial charge < -0.3 is 20.3 Å². The van der Waals surface area contributed by atoms with Gasteiger partial charge in [0.2, 0.25) is 5.91 Å². The number of amides is 1. The Morgan fingerprint density at radius 3 is 0.938 bits per heavy atom. The normalized spacial score (nSPS) is 13.0. The maximum Gasteiger partial charge on any atom is 0.306 e. The monoisotopic (exact) mass is 920 g/mol. The molecule has 0 aliphatic rings. The predicted molar refractivity (Wildman–Crippen MR) is 283 cm³/mol. The zero-order chi connectivity index (χ0) is 47.4. The van der Waals surface area contributed by atoms with Crippen molar-refractivity contribution in [3.8, 4) is 0 Å². The van der Waals surface area contributed by atoms with E-state index < -0.39 is 18.2 Å². The lowest BCUT2D eigenvalue weighted by Gasteiger charge is -2.24. The molecule has 3 unspecified atom stereocenters. The largest absolute Gasteiger partial charge is 0.462 e. The summed E-state index contributed by atoms with van der Waals surface area (Å²) in [5, 5.41) is 23.9. The van der Waals surface area contributed by atoms with Crippen molar-refractivity contribution < 1.29 is 24.5 Å². The Bertz CT molecular complexity index is 944. The van der Waals surface area contributed by atoms with Crippen LogP contribution in [-0.2, 0) is 14.3 Å². The molecular formula is C59H117NO5. The van der Waals surface area contributed by atoms with Gasteiger partial charge in [0.15, 0.2) is 0 Å². The highest BCUT2D eigenvalue weighted by molar-refractivity contribution is 5.77. The number of aliphatic hydroxyl groups is 2. The standard InChI is InChI=1S/C59H117NO5/c1-4-7-10-13-16-19-22-25-27-28-29-31-34-37-40-43-46-49-52-59(64)65-55(50-47-44-41-38-35-32-24-21-18-15-12-9-6-3)53-58(63)60-56(54-61)57(62)51-48-45-42-39-36-33-30-26-23-20-17-14-11-8-5-2/h55-57,61-62H,4-54H2,1-3H3,(H,60,63). The smallest absolute Gasteiger partial charge is 0.306 e. The maximum absolute atomic E-state index is 13.3. The van der Waals surface area contributed by atoms with Crippen LogP contribution in [0.4, 0.5) is 0 Å². The second kappa shape index (κ2) is 53.8. The van der Waals surface area contributed by atoms with Gasteiger partial charge in [0.05, 0.1) is 25.2 Å². The molecule has 6 heteroatoms. The summed E-state index contributed by atoms with van der Waals surface area (Å²) in [4.78, 5) is 26.3. The Morgan fingerprint density at radius 1 is 0.385 bits per heavy atom. The summed E-state index contributed by atoms with van der Waals surface area (Å²) in [7, 11) is 0. The minimum Gasteiger partial charge on any atom is -0.462 e. The number of aliphatic hydroxyl groups excluding tert-OH is 2. The van der Waals surface area contributed by atoms with E-state index >= 15 is 0 Å². The summed E-state index contributed by atoms with van der Waals surface area (Å²) in [6.45, 7) is 6.54. The quantitative estimate of drug-likeness (QED) is 0.0417. The first kappa shape index (κ1) is 63.9. The molecule has 0 radical (unpaired) electrons. The highest BCUT2D eigenvalue weighted by Gasteiger charge is 2.24. The van der Waals surface area contributed by atoms with E-state index in [4.69, 9.17) is 4.74 Å². The lowest BCUT2D eigenvalue weighted by Crippen LogP contribution is -2.46. The third-order valence-electron chi connectivity index (χ3n) is 14.2. The third-order valence-corrected chi connectivity index (χ3v) is 14.2. The SMILES string of the molecule is CCCCCCCCCCCCCCCCCCCCC(=O)OC(CCCCCCCCCCCCCCC)CC(=O)NC(CO)C(O)CCCCCCCCCCCCCCCCC. The van der Waals surface area contributed by atoms with Crippen molar-refractivity contribution in [1.29, 1.82) is 0 Å². The molecule has 0 fully saturated rings. The van der Waals surface area contributed by atoms with E-state index in [0.29, 0.717) is 19.3 Å². The molecule has 0 spiro atoms. The summed E-state index contributed by atoms with van der Waals surface area (Å²) in [6.07, 6.45) is 60.3. The van der Waals surface area contributed by atoms with Crippen molar-refractivity contribution >= 4 is 11.9 Å². The predicted octanol–water partition coefficient (Wildman–Crippen LogP) is 18.3. The highest BCUT2D eigenvalue weighted by atomic mass is 16.5. The van der Waals surface area contributed by atoms with Gasteiger partial charge in [0, 0.05) is 6.42 Å². The molecule has 0 aliphatic carbocycles.